The van der Waals surface area contributed by atoms with E-state index in [4.69, 9.17) is 28.4 Å². The van der Waals surface area contributed by atoms with Crippen LogP contribution >= 0.6 is 0 Å². The van der Waals surface area contributed by atoms with Gasteiger partial charge in [-0.3, -0.25) is 0 Å². The first-order valence-corrected chi connectivity index (χ1v) is 12.7. The topological polar surface area (TPSA) is 87.6 Å². The predicted molar refractivity (Wildman–Crippen MR) is 134 cm³/mol. The number of methoxy groups -OCH3 is 1. The molecular formula is C28H39NO7. The van der Waals surface area contributed by atoms with Crippen molar-refractivity contribution in [3.05, 3.63) is 71.8 Å². The molecule has 0 aliphatic carbocycles. The number of hydrogen-bond acceptors (Lipinski definition) is 8. The van der Waals surface area contributed by atoms with Crippen molar-refractivity contribution in [1.82, 2.24) is 5.32 Å². The average molecular weight is 502 g/mol. The van der Waals surface area contributed by atoms with Gasteiger partial charge in [-0.25, -0.2) is 0 Å². The van der Waals surface area contributed by atoms with Gasteiger partial charge in [-0.1, -0.05) is 60.7 Å². The molecule has 2 aliphatic heterocycles. The van der Waals surface area contributed by atoms with Crippen LogP contribution in [0.3, 0.4) is 0 Å². The maximum atomic E-state index is 11.3. The van der Waals surface area contributed by atoms with Crippen LogP contribution in [0.4, 0.5) is 0 Å². The van der Waals surface area contributed by atoms with E-state index in [2.05, 4.69) is 5.32 Å². The number of benzene rings is 2. The quantitative estimate of drug-likeness (QED) is 0.405. The van der Waals surface area contributed by atoms with Crippen molar-refractivity contribution < 1.29 is 33.5 Å². The van der Waals surface area contributed by atoms with Crippen molar-refractivity contribution in [2.45, 2.75) is 69.4 Å². The Bertz CT molecular complexity index is 878. The van der Waals surface area contributed by atoms with E-state index in [-0.39, 0.29) is 12.6 Å². The first-order valence-electron chi connectivity index (χ1n) is 12.7. The fraction of sp³-hybridized carbons (Fsp3) is 0.571. The summed E-state index contributed by atoms with van der Waals surface area (Å²) in [6, 6.07) is 19.5. The van der Waals surface area contributed by atoms with Crippen molar-refractivity contribution in [2.24, 2.45) is 0 Å². The van der Waals surface area contributed by atoms with Crippen LogP contribution in [0.1, 0.15) is 30.9 Å². The van der Waals surface area contributed by atoms with Gasteiger partial charge in [0.25, 0.3) is 0 Å². The maximum absolute atomic E-state index is 11.3. The third-order valence-electron chi connectivity index (χ3n) is 6.67. The summed E-state index contributed by atoms with van der Waals surface area (Å²) in [6.45, 7) is 4.92. The maximum Gasteiger partial charge on any atom is 0.175 e. The van der Waals surface area contributed by atoms with Gasteiger partial charge in [0.05, 0.1) is 39.1 Å². The van der Waals surface area contributed by atoms with Gasteiger partial charge in [0.15, 0.2) is 12.1 Å². The van der Waals surface area contributed by atoms with E-state index in [0.717, 1.165) is 24.0 Å². The molecule has 8 nitrogen and oxygen atoms in total. The molecule has 0 unspecified atom stereocenters. The Balaban J connectivity index is 1.37. The predicted octanol–water partition coefficient (Wildman–Crippen LogP) is 3.02. The smallest absolute Gasteiger partial charge is 0.175 e. The number of ether oxygens (including phenoxy) is 6. The minimum Gasteiger partial charge on any atom is -0.388 e. The highest BCUT2D eigenvalue weighted by atomic mass is 16.7. The van der Waals surface area contributed by atoms with Crippen LogP contribution in [0.5, 0.6) is 0 Å². The molecule has 4 rings (SSSR count). The number of hydrogen-bond donors (Lipinski definition) is 2. The fourth-order valence-electron chi connectivity index (χ4n) is 4.68. The second kappa shape index (κ2) is 13.6. The van der Waals surface area contributed by atoms with Crippen molar-refractivity contribution in [1.29, 1.82) is 0 Å². The molecule has 2 aliphatic rings. The van der Waals surface area contributed by atoms with Gasteiger partial charge in [-0.2, -0.15) is 0 Å². The standard InChI is InChI=1S/C28H39NO7/c1-28(34-16-17-35-28)14-9-15-29-24-26(33-19-22-12-7-4-8-13-22)25(30)23(36-27(24)31-2)20-32-18-21-10-5-3-6-11-21/h3-8,10-13,23-27,29-30H,9,14-20H2,1-2H3/t23-,24+,25-,26-,27+/m1/s1. The van der Waals surface area contributed by atoms with E-state index >= 15 is 0 Å². The summed E-state index contributed by atoms with van der Waals surface area (Å²) in [6.07, 6.45) is -1.05. The van der Waals surface area contributed by atoms with E-state index in [1.165, 1.54) is 0 Å². The van der Waals surface area contributed by atoms with E-state index in [1.54, 1.807) is 7.11 Å². The Labute approximate surface area is 213 Å². The van der Waals surface area contributed by atoms with E-state index < -0.39 is 30.4 Å². The number of nitrogens with one attached hydrogen (secondary N) is 1. The SMILES string of the molecule is CO[C@H]1O[C@H](COCc2ccccc2)[C@@H](O)[C@H](OCc2ccccc2)[C@@H]1NCCCC1(C)OCCO1. The van der Waals surface area contributed by atoms with Crippen molar-refractivity contribution in [3.8, 4) is 0 Å². The largest absolute Gasteiger partial charge is 0.388 e. The molecule has 198 valence electrons. The molecule has 0 amide bonds. The number of aliphatic hydroxyl groups excluding tert-OH is 1. The van der Waals surface area contributed by atoms with Gasteiger partial charge >= 0.3 is 0 Å². The summed E-state index contributed by atoms with van der Waals surface area (Å²) in [7, 11) is 1.61. The molecule has 2 heterocycles. The van der Waals surface area contributed by atoms with E-state index in [1.807, 2.05) is 67.6 Å². The highest BCUT2D eigenvalue weighted by molar-refractivity contribution is 5.14. The molecule has 2 fully saturated rings. The molecule has 5 atom stereocenters. The molecule has 8 heteroatoms. The Hall–Kier alpha value is -1.88. The van der Waals surface area contributed by atoms with Crippen LogP contribution < -0.4 is 5.32 Å². The van der Waals surface area contributed by atoms with Crippen molar-refractivity contribution in [2.75, 3.05) is 33.5 Å². The summed E-state index contributed by atoms with van der Waals surface area (Å²) in [5.41, 5.74) is 2.09. The van der Waals surface area contributed by atoms with Gasteiger partial charge in [0.2, 0.25) is 0 Å². The Morgan fingerprint density at radius 1 is 0.972 bits per heavy atom. The first-order chi connectivity index (χ1) is 17.6. The summed E-state index contributed by atoms with van der Waals surface area (Å²) < 4.78 is 35.4. The molecule has 2 aromatic rings. The molecule has 36 heavy (non-hydrogen) atoms. The third-order valence-corrected chi connectivity index (χ3v) is 6.67. The lowest BCUT2D eigenvalue weighted by atomic mass is 9.96. The minimum absolute atomic E-state index is 0.223. The zero-order valence-corrected chi connectivity index (χ0v) is 21.2. The van der Waals surface area contributed by atoms with Crippen LogP contribution in [-0.4, -0.2) is 75.0 Å². The average Bonchev–Trinajstić information content (AvgIpc) is 3.34. The molecule has 0 saturated carbocycles. The van der Waals surface area contributed by atoms with Crippen molar-refractivity contribution >= 4 is 0 Å². The van der Waals surface area contributed by atoms with E-state index in [9.17, 15) is 5.11 Å². The Morgan fingerprint density at radius 2 is 1.61 bits per heavy atom. The van der Waals surface area contributed by atoms with Crippen LogP contribution in [0.15, 0.2) is 60.7 Å². The molecule has 2 saturated heterocycles. The first kappa shape index (κ1) is 27.2. The molecule has 0 aromatic heterocycles. The van der Waals surface area contributed by atoms with Gasteiger partial charge in [-0.05, 0) is 31.0 Å². The van der Waals surface area contributed by atoms with E-state index in [0.29, 0.717) is 33.0 Å². The molecule has 0 radical (unpaired) electrons. The third kappa shape index (κ3) is 7.57. The molecular weight excluding hydrogens is 462 g/mol. The summed E-state index contributed by atoms with van der Waals surface area (Å²) in [4.78, 5) is 0. The summed E-state index contributed by atoms with van der Waals surface area (Å²) in [5, 5.41) is 14.8. The highest BCUT2D eigenvalue weighted by Crippen LogP contribution is 2.27. The summed E-state index contributed by atoms with van der Waals surface area (Å²) in [5.74, 6) is -0.532. The lowest BCUT2D eigenvalue weighted by Crippen LogP contribution is -2.64. The van der Waals surface area contributed by atoms with Gasteiger partial charge in [0, 0.05) is 13.5 Å². The lowest BCUT2D eigenvalue weighted by molar-refractivity contribution is -0.275. The van der Waals surface area contributed by atoms with Crippen molar-refractivity contribution in [3.63, 3.8) is 0 Å². The van der Waals surface area contributed by atoms with Crippen LogP contribution in [0.2, 0.25) is 0 Å². The normalized spacial score (nSPS) is 27.8. The zero-order chi connectivity index (χ0) is 25.2. The fourth-order valence-corrected chi connectivity index (χ4v) is 4.68. The highest BCUT2D eigenvalue weighted by Gasteiger charge is 2.46. The summed E-state index contributed by atoms with van der Waals surface area (Å²) >= 11 is 0. The number of aliphatic hydroxyl groups is 1. The van der Waals surface area contributed by atoms with Gasteiger partial charge in [-0.15, -0.1) is 0 Å². The van der Waals surface area contributed by atoms with Crippen LogP contribution in [-0.2, 0) is 41.6 Å². The molecule has 0 bridgehead atoms. The minimum atomic E-state index is -0.896. The Morgan fingerprint density at radius 3 is 2.25 bits per heavy atom. The van der Waals surface area contributed by atoms with Gasteiger partial charge in [0.1, 0.15) is 18.3 Å². The molecule has 0 spiro atoms. The lowest BCUT2D eigenvalue weighted by Gasteiger charge is -2.44. The Kier molecular flexibility index (Phi) is 10.3. The van der Waals surface area contributed by atoms with Gasteiger partial charge < -0.3 is 38.8 Å². The monoisotopic (exact) mass is 501 g/mol. The number of rotatable bonds is 13. The zero-order valence-electron chi connectivity index (χ0n) is 21.2. The van der Waals surface area contributed by atoms with Crippen LogP contribution in [0.25, 0.3) is 0 Å². The second-order valence-electron chi connectivity index (χ2n) is 9.45. The molecule has 2 aromatic carbocycles. The second-order valence-corrected chi connectivity index (χ2v) is 9.45. The molecule has 2 N–H and O–H groups in total. The van der Waals surface area contributed by atoms with Crippen LogP contribution in [0, 0.1) is 0 Å².